The Morgan fingerprint density at radius 2 is 2.00 bits per heavy atom. The number of rotatable bonds is 4. The molecule has 0 bridgehead atoms. The number of hydrogen-bond acceptors (Lipinski definition) is 4. The summed E-state index contributed by atoms with van der Waals surface area (Å²) in [6, 6.07) is 5.49. The Kier molecular flexibility index (Phi) is 4.23. The van der Waals surface area contributed by atoms with Gasteiger partial charge in [-0.1, -0.05) is 29.3 Å². The minimum Gasteiger partial charge on any atom is -0.496 e. The predicted molar refractivity (Wildman–Crippen MR) is 72.4 cm³/mol. The molecule has 1 N–H and O–H groups in total. The van der Waals surface area contributed by atoms with Crippen LogP contribution in [0.5, 0.6) is 5.75 Å². The number of nitrogens with one attached hydrogen (secondary N) is 1. The standard InChI is InChI=1S/C12H11Cl2N3O/c1-18-10-4-2-3-9(13)8(10)7-17-12-11(14)15-5-6-16-12/h2-6H,7H2,1H3,(H,16,17). The van der Waals surface area contributed by atoms with Gasteiger partial charge < -0.3 is 10.1 Å². The summed E-state index contributed by atoms with van der Waals surface area (Å²) in [6.07, 6.45) is 3.10. The Morgan fingerprint density at radius 1 is 1.22 bits per heavy atom. The van der Waals surface area contributed by atoms with Gasteiger partial charge in [-0.15, -0.1) is 0 Å². The normalized spacial score (nSPS) is 10.2. The van der Waals surface area contributed by atoms with Gasteiger partial charge in [0.05, 0.1) is 7.11 Å². The highest BCUT2D eigenvalue weighted by atomic mass is 35.5. The van der Waals surface area contributed by atoms with Gasteiger partial charge >= 0.3 is 0 Å². The van der Waals surface area contributed by atoms with Gasteiger partial charge in [0.2, 0.25) is 0 Å². The molecule has 0 spiro atoms. The fourth-order valence-electron chi connectivity index (χ4n) is 1.51. The molecule has 0 amide bonds. The molecule has 1 aromatic carbocycles. The maximum absolute atomic E-state index is 6.13. The van der Waals surface area contributed by atoms with Gasteiger partial charge in [-0.05, 0) is 12.1 Å². The van der Waals surface area contributed by atoms with Gasteiger partial charge in [0.15, 0.2) is 11.0 Å². The van der Waals surface area contributed by atoms with E-state index in [0.29, 0.717) is 22.5 Å². The Labute approximate surface area is 115 Å². The summed E-state index contributed by atoms with van der Waals surface area (Å²) in [7, 11) is 1.60. The zero-order valence-electron chi connectivity index (χ0n) is 9.65. The molecule has 0 radical (unpaired) electrons. The Bertz CT molecular complexity index is 549. The lowest BCUT2D eigenvalue weighted by Crippen LogP contribution is -2.04. The van der Waals surface area contributed by atoms with Crippen molar-refractivity contribution < 1.29 is 4.74 Å². The van der Waals surface area contributed by atoms with E-state index in [1.807, 2.05) is 12.1 Å². The van der Waals surface area contributed by atoms with Gasteiger partial charge in [0.25, 0.3) is 0 Å². The van der Waals surface area contributed by atoms with Crippen molar-refractivity contribution in [3.05, 3.63) is 46.3 Å². The quantitative estimate of drug-likeness (QED) is 0.934. The van der Waals surface area contributed by atoms with Gasteiger partial charge in [-0.2, -0.15) is 0 Å². The van der Waals surface area contributed by atoms with Crippen molar-refractivity contribution in [3.63, 3.8) is 0 Å². The maximum Gasteiger partial charge on any atom is 0.171 e. The number of benzene rings is 1. The van der Waals surface area contributed by atoms with Gasteiger partial charge in [-0.3, -0.25) is 0 Å². The summed E-state index contributed by atoms with van der Waals surface area (Å²) in [5, 5.41) is 4.02. The van der Waals surface area contributed by atoms with E-state index < -0.39 is 0 Å². The fraction of sp³-hybridized carbons (Fsp3) is 0.167. The number of halogens is 2. The van der Waals surface area contributed by atoms with E-state index in [-0.39, 0.29) is 0 Å². The Balaban J connectivity index is 2.18. The van der Waals surface area contributed by atoms with E-state index in [1.54, 1.807) is 19.4 Å². The number of anilines is 1. The maximum atomic E-state index is 6.13. The topological polar surface area (TPSA) is 47.0 Å². The van der Waals surface area contributed by atoms with Gasteiger partial charge in [-0.25, -0.2) is 9.97 Å². The summed E-state index contributed by atoms with van der Waals surface area (Å²) in [5.74, 6) is 1.23. The van der Waals surface area contributed by atoms with Crippen molar-refractivity contribution >= 4 is 29.0 Å². The molecule has 94 valence electrons. The Morgan fingerprint density at radius 3 is 2.72 bits per heavy atom. The van der Waals surface area contributed by atoms with Crippen LogP contribution in [0, 0.1) is 0 Å². The van der Waals surface area contributed by atoms with E-state index in [1.165, 1.54) is 6.20 Å². The van der Waals surface area contributed by atoms with E-state index in [2.05, 4.69) is 15.3 Å². The average molecular weight is 284 g/mol. The summed E-state index contributed by atoms with van der Waals surface area (Å²) in [6.45, 7) is 0.460. The van der Waals surface area contributed by atoms with Crippen LogP contribution < -0.4 is 10.1 Å². The minimum atomic E-state index is 0.323. The van der Waals surface area contributed by atoms with Crippen LogP contribution in [0.2, 0.25) is 10.2 Å². The second-order valence-electron chi connectivity index (χ2n) is 3.47. The van der Waals surface area contributed by atoms with Crippen LogP contribution in [0.25, 0.3) is 0 Å². The van der Waals surface area contributed by atoms with Crippen molar-refractivity contribution in [1.29, 1.82) is 0 Å². The molecule has 0 aliphatic rings. The lowest BCUT2D eigenvalue weighted by atomic mass is 10.2. The molecular weight excluding hydrogens is 273 g/mol. The van der Waals surface area contributed by atoms with Gasteiger partial charge in [0, 0.05) is 29.5 Å². The third-order valence-corrected chi connectivity index (χ3v) is 3.01. The number of nitrogens with zero attached hydrogens (tertiary/aromatic N) is 2. The van der Waals surface area contributed by atoms with E-state index >= 15 is 0 Å². The number of ether oxygens (including phenoxy) is 1. The van der Waals surface area contributed by atoms with Gasteiger partial charge in [0.1, 0.15) is 5.75 Å². The molecule has 0 atom stereocenters. The first-order chi connectivity index (χ1) is 8.72. The lowest BCUT2D eigenvalue weighted by molar-refractivity contribution is 0.410. The van der Waals surface area contributed by atoms with Crippen LogP contribution in [0.15, 0.2) is 30.6 Å². The zero-order chi connectivity index (χ0) is 13.0. The summed E-state index contributed by atoms with van der Waals surface area (Å²) in [4.78, 5) is 8.02. The lowest BCUT2D eigenvalue weighted by Gasteiger charge is -2.11. The molecule has 4 nitrogen and oxygen atoms in total. The number of methoxy groups -OCH3 is 1. The molecule has 0 aliphatic heterocycles. The van der Waals surface area contributed by atoms with Crippen LogP contribution in [0.4, 0.5) is 5.82 Å². The second-order valence-corrected chi connectivity index (χ2v) is 4.24. The summed E-state index contributed by atoms with van der Waals surface area (Å²) < 4.78 is 5.25. The SMILES string of the molecule is COc1cccc(Cl)c1CNc1nccnc1Cl. The van der Waals surface area contributed by atoms with Crippen LogP contribution in [0.3, 0.4) is 0 Å². The number of aromatic nitrogens is 2. The molecule has 0 unspecified atom stereocenters. The highest BCUT2D eigenvalue weighted by Crippen LogP contribution is 2.27. The van der Waals surface area contributed by atoms with Crippen molar-refractivity contribution in [1.82, 2.24) is 9.97 Å². The molecule has 2 aromatic rings. The third kappa shape index (κ3) is 2.83. The minimum absolute atomic E-state index is 0.323. The van der Waals surface area contributed by atoms with Crippen molar-refractivity contribution in [2.24, 2.45) is 0 Å². The highest BCUT2D eigenvalue weighted by Gasteiger charge is 2.08. The molecule has 1 heterocycles. The predicted octanol–water partition coefficient (Wildman–Crippen LogP) is 3.40. The molecule has 18 heavy (non-hydrogen) atoms. The molecule has 0 saturated carbocycles. The van der Waals surface area contributed by atoms with Crippen LogP contribution >= 0.6 is 23.2 Å². The molecule has 2 rings (SSSR count). The zero-order valence-corrected chi connectivity index (χ0v) is 11.2. The van der Waals surface area contributed by atoms with Crippen molar-refractivity contribution in [2.75, 3.05) is 12.4 Å². The van der Waals surface area contributed by atoms with Crippen molar-refractivity contribution in [2.45, 2.75) is 6.54 Å². The monoisotopic (exact) mass is 283 g/mol. The third-order valence-electron chi connectivity index (χ3n) is 2.38. The molecule has 6 heteroatoms. The summed E-state index contributed by atoms with van der Waals surface area (Å²) in [5.41, 5.74) is 0.850. The largest absolute Gasteiger partial charge is 0.496 e. The first-order valence-electron chi connectivity index (χ1n) is 5.24. The first kappa shape index (κ1) is 12.9. The highest BCUT2D eigenvalue weighted by molar-refractivity contribution is 6.32. The molecule has 0 aliphatic carbocycles. The molecule has 1 aromatic heterocycles. The number of hydrogen-bond donors (Lipinski definition) is 1. The summed E-state index contributed by atoms with van der Waals surface area (Å²) >= 11 is 12.0. The van der Waals surface area contributed by atoms with E-state index in [0.717, 1.165) is 11.3 Å². The second kappa shape index (κ2) is 5.89. The molecular formula is C12H11Cl2N3O. The molecule has 0 fully saturated rings. The average Bonchev–Trinajstić information content (AvgIpc) is 2.39. The van der Waals surface area contributed by atoms with E-state index in [4.69, 9.17) is 27.9 Å². The van der Waals surface area contributed by atoms with E-state index in [9.17, 15) is 0 Å². The molecule has 0 saturated heterocycles. The van der Waals surface area contributed by atoms with Crippen LogP contribution in [-0.4, -0.2) is 17.1 Å². The first-order valence-corrected chi connectivity index (χ1v) is 5.99. The van der Waals surface area contributed by atoms with Crippen LogP contribution in [-0.2, 0) is 6.54 Å². The van der Waals surface area contributed by atoms with Crippen LogP contribution in [0.1, 0.15) is 5.56 Å². The Hall–Kier alpha value is -1.52. The fourth-order valence-corrected chi connectivity index (χ4v) is 1.92. The smallest absolute Gasteiger partial charge is 0.171 e. The van der Waals surface area contributed by atoms with Crippen molar-refractivity contribution in [3.8, 4) is 5.75 Å².